The number of aliphatic imine (C=N–C) groups is 1. The molecule has 0 fully saturated rings. The second-order valence-electron chi connectivity index (χ2n) is 5.32. The highest BCUT2D eigenvalue weighted by Gasteiger charge is 2.05. The van der Waals surface area contributed by atoms with Crippen molar-refractivity contribution < 1.29 is 9.84 Å². The number of hydrogen-bond donors (Lipinski definition) is 3. The lowest BCUT2D eigenvalue weighted by Gasteiger charge is -2.12. The Morgan fingerprint density at radius 2 is 1.96 bits per heavy atom. The molecule has 0 saturated heterocycles. The first kappa shape index (κ1) is 21.6. The molecule has 5 nitrogen and oxygen atoms in total. The van der Waals surface area contributed by atoms with Gasteiger partial charge in [-0.1, -0.05) is 13.0 Å². The van der Waals surface area contributed by atoms with Gasteiger partial charge in [0.1, 0.15) is 11.5 Å². The standard InChI is InChI=1S/C18H25N3O2S.HI/c1-4-15-7-8-16(24-15)12-21-18(19-2)20-10-9-13-5-6-14(23-3)11-17(13)22;/h5-8,11,22H,4,9-10,12H2,1-3H3,(H2,19,20,21);1H. The van der Waals surface area contributed by atoms with E-state index in [1.54, 1.807) is 20.2 Å². The number of ether oxygens (including phenoxy) is 1. The van der Waals surface area contributed by atoms with Crippen LogP contribution in [0.4, 0.5) is 0 Å². The van der Waals surface area contributed by atoms with Crippen molar-refractivity contribution in [2.24, 2.45) is 4.99 Å². The maximum Gasteiger partial charge on any atom is 0.191 e. The number of benzene rings is 1. The highest BCUT2D eigenvalue weighted by atomic mass is 127. The predicted molar refractivity (Wildman–Crippen MR) is 116 cm³/mol. The lowest BCUT2D eigenvalue weighted by Crippen LogP contribution is -2.37. The molecule has 0 bridgehead atoms. The summed E-state index contributed by atoms with van der Waals surface area (Å²) >= 11 is 1.82. The van der Waals surface area contributed by atoms with Crippen LogP contribution in [0.3, 0.4) is 0 Å². The Morgan fingerprint density at radius 1 is 1.20 bits per heavy atom. The molecule has 0 spiro atoms. The van der Waals surface area contributed by atoms with Gasteiger partial charge in [0, 0.05) is 29.4 Å². The number of aryl methyl sites for hydroxylation is 1. The average Bonchev–Trinajstić information content (AvgIpc) is 3.07. The normalized spacial score (nSPS) is 10.9. The molecule has 0 aliphatic rings. The lowest BCUT2D eigenvalue weighted by molar-refractivity contribution is 0.406. The van der Waals surface area contributed by atoms with Crippen molar-refractivity contribution in [1.82, 2.24) is 10.6 Å². The molecule has 0 aliphatic carbocycles. The second-order valence-corrected chi connectivity index (χ2v) is 6.57. The minimum Gasteiger partial charge on any atom is -0.508 e. The van der Waals surface area contributed by atoms with Gasteiger partial charge in [-0.05, 0) is 36.6 Å². The van der Waals surface area contributed by atoms with Crippen LogP contribution in [0.5, 0.6) is 11.5 Å². The van der Waals surface area contributed by atoms with E-state index in [-0.39, 0.29) is 29.7 Å². The maximum atomic E-state index is 9.97. The molecule has 0 radical (unpaired) electrons. The number of hydrogen-bond acceptors (Lipinski definition) is 4. The summed E-state index contributed by atoms with van der Waals surface area (Å²) in [7, 11) is 3.34. The summed E-state index contributed by atoms with van der Waals surface area (Å²) in [5.74, 6) is 1.67. The summed E-state index contributed by atoms with van der Waals surface area (Å²) in [4.78, 5) is 6.91. The van der Waals surface area contributed by atoms with Crippen molar-refractivity contribution in [2.45, 2.75) is 26.3 Å². The Labute approximate surface area is 170 Å². The fourth-order valence-electron chi connectivity index (χ4n) is 2.30. The topological polar surface area (TPSA) is 65.9 Å². The first-order valence-corrected chi connectivity index (χ1v) is 8.86. The summed E-state index contributed by atoms with van der Waals surface area (Å²) in [5, 5.41) is 16.5. The van der Waals surface area contributed by atoms with Gasteiger partial charge in [-0.15, -0.1) is 35.3 Å². The number of nitrogens with zero attached hydrogens (tertiary/aromatic N) is 1. The van der Waals surface area contributed by atoms with E-state index in [0.29, 0.717) is 18.7 Å². The number of guanidine groups is 1. The Bertz CT molecular complexity index is 689. The van der Waals surface area contributed by atoms with Crippen molar-refractivity contribution in [2.75, 3.05) is 20.7 Å². The molecule has 0 atom stereocenters. The quantitative estimate of drug-likeness (QED) is 0.326. The molecule has 2 aromatic rings. The molecular weight excluding hydrogens is 449 g/mol. The summed E-state index contributed by atoms with van der Waals surface area (Å²) in [6.45, 7) is 3.61. The van der Waals surface area contributed by atoms with Crippen LogP contribution in [-0.2, 0) is 19.4 Å². The third-order valence-electron chi connectivity index (χ3n) is 3.70. The first-order chi connectivity index (χ1) is 11.7. The van der Waals surface area contributed by atoms with Gasteiger partial charge in [-0.25, -0.2) is 0 Å². The van der Waals surface area contributed by atoms with Gasteiger partial charge in [-0.2, -0.15) is 0 Å². The molecule has 0 amide bonds. The van der Waals surface area contributed by atoms with Crippen LogP contribution >= 0.6 is 35.3 Å². The van der Waals surface area contributed by atoms with E-state index in [9.17, 15) is 5.11 Å². The number of thiophene rings is 1. The number of phenolic OH excluding ortho intramolecular Hbond substituents is 1. The van der Waals surface area contributed by atoms with Crippen LogP contribution in [0, 0.1) is 0 Å². The van der Waals surface area contributed by atoms with Crippen LogP contribution < -0.4 is 15.4 Å². The Kier molecular flexibility index (Phi) is 9.66. The predicted octanol–water partition coefficient (Wildman–Crippen LogP) is 3.55. The van der Waals surface area contributed by atoms with Crippen molar-refractivity contribution >= 4 is 41.3 Å². The van der Waals surface area contributed by atoms with Crippen molar-refractivity contribution in [3.05, 3.63) is 45.6 Å². The van der Waals surface area contributed by atoms with E-state index >= 15 is 0 Å². The molecule has 138 valence electrons. The average molecular weight is 475 g/mol. The van der Waals surface area contributed by atoms with Gasteiger partial charge in [0.25, 0.3) is 0 Å². The number of rotatable bonds is 7. The lowest BCUT2D eigenvalue weighted by atomic mass is 10.1. The maximum absolute atomic E-state index is 9.97. The smallest absolute Gasteiger partial charge is 0.191 e. The third-order valence-corrected chi connectivity index (χ3v) is 4.93. The number of phenols is 1. The minimum absolute atomic E-state index is 0. The van der Waals surface area contributed by atoms with E-state index < -0.39 is 0 Å². The molecule has 0 saturated carbocycles. The molecule has 3 N–H and O–H groups in total. The summed E-state index contributed by atoms with van der Waals surface area (Å²) in [6.07, 6.45) is 1.78. The van der Waals surface area contributed by atoms with Gasteiger partial charge < -0.3 is 20.5 Å². The van der Waals surface area contributed by atoms with E-state index in [1.165, 1.54) is 9.75 Å². The Balaban J connectivity index is 0.00000312. The number of methoxy groups -OCH3 is 1. The van der Waals surface area contributed by atoms with Crippen LogP contribution in [0.25, 0.3) is 0 Å². The van der Waals surface area contributed by atoms with Crippen molar-refractivity contribution in [3.63, 3.8) is 0 Å². The number of nitrogens with one attached hydrogen (secondary N) is 2. The van der Waals surface area contributed by atoms with Crippen molar-refractivity contribution in [1.29, 1.82) is 0 Å². The van der Waals surface area contributed by atoms with E-state index in [2.05, 4.69) is 34.7 Å². The highest BCUT2D eigenvalue weighted by Crippen LogP contribution is 2.23. The van der Waals surface area contributed by atoms with E-state index in [1.807, 2.05) is 23.5 Å². The largest absolute Gasteiger partial charge is 0.508 e. The van der Waals surface area contributed by atoms with Crippen molar-refractivity contribution in [3.8, 4) is 11.5 Å². The van der Waals surface area contributed by atoms with Gasteiger partial charge in [0.2, 0.25) is 0 Å². The molecular formula is C18H26IN3O2S. The first-order valence-electron chi connectivity index (χ1n) is 8.04. The molecule has 1 aromatic carbocycles. The SMILES string of the molecule is CCc1ccc(CNC(=NC)NCCc2ccc(OC)cc2O)s1.I. The van der Waals surface area contributed by atoms with Gasteiger partial charge in [0.05, 0.1) is 13.7 Å². The summed E-state index contributed by atoms with van der Waals surface area (Å²) in [5.41, 5.74) is 0.879. The molecule has 0 unspecified atom stereocenters. The zero-order valence-corrected chi connectivity index (χ0v) is 18.0. The summed E-state index contributed by atoms with van der Waals surface area (Å²) in [6, 6.07) is 9.68. The molecule has 1 heterocycles. The van der Waals surface area contributed by atoms with E-state index in [0.717, 1.165) is 24.5 Å². The van der Waals surface area contributed by atoms with Gasteiger partial charge in [0.15, 0.2) is 5.96 Å². The monoisotopic (exact) mass is 475 g/mol. The van der Waals surface area contributed by atoms with Gasteiger partial charge in [-0.3, -0.25) is 4.99 Å². The second kappa shape index (κ2) is 11.2. The zero-order chi connectivity index (χ0) is 17.4. The minimum atomic E-state index is 0. The molecule has 7 heteroatoms. The Morgan fingerprint density at radius 3 is 2.56 bits per heavy atom. The van der Waals surface area contributed by atoms with Gasteiger partial charge >= 0.3 is 0 Å². The molecule has 0 aliphatic heterocycles. The fraction of sp³-hybridized carbons (Fsp3) is 0.389. The fourth-order valence-corrected chi connectivity index (χ4v) is 3.19. The van der Waals surface area contributed by atoms with E-state index in [4.69, 9.17) is 4.74 Å². The van der Waals surface area contributed by atoms with Crippen LogP contribution in [0.15, 0.2) is 35.3 Å². The third kappa shape index (κ3) is 6.74. The molecule has 1 aromatic heterocycles. The van der Waals surface area contributed by atoms with Crippen LogP contribution in [0.2, 0.25) is 0 Å². The number of halogens is 1. The van der Waals surface area contributed by atoms with Crippen LogP contribution in [0.1, 0.15) is 22.2 Å². The number of aromatic hydroxyl groups is 1. The molecule has 2 rings (SSSR count). The summed E-state index contributed by atoms with van der Waals surface area (Å²) < 4.78 is 5.09. The molecule has 25 heavy (non-hydrogen) atoms. The highest BCUT2D eigenvalue weighted by molar-refractivity contribution is 14.0. The Hall–Kier alpha value is -1.48. The van der Waals surface area contributed by atoms with Crippen LogP contribution in [-0.4, -0.2) is 31.8 Å². The zero-order valence-electron chi connectivity index (χ0n) is 14.8.